The molecule has 1 aromatic heterocycles. The van der Waals surface area contributed by atoms with Crippen molar-refractivity contribution in [3.63, 3.8) is 0 Å². The molecule has 0 aliphatic rings. The van der Waals surface area contributed by atoms with Crippen molar-refractivity contribution in [2.75, 3.05) is 23.9 Å². The van der Waals surface area contributed by atoms with Gasteiger partial charge < -0.3 is 10.1 Å². The van der Waals surface area contributed by atoms with Crippen molar-refractivity contribution in [3.05, 3.63) is 18.3 Å². The van der Waals surface area contributed by atoms with Gasteiger partial charge in [-0.15, -0.1) is 0 Å². The van der Waals surface area contributed by atoms with Gasteiger partial charge in [-0.1, -0.05) is 0 Å². The molecule has 4 nitrogen and oxygen atoms in total. The summed E-state index contributed by atoms with van der Waals surface area (Å²) in [5.74, 6) is 2.04. The molecule has 16 heavy (non-hydrogen) atoms. The van der Waals surface area contributed by atoms with E-state index in [1.807, 2.05) is 26.0 Å². The summed E-state index contributed by atoms with van der Waals surface area (Å²) in [7, 11) is -0.811. The Morgan fingerprint density at radius 3 is 3.00 bits per heavy atom. The fourth-order valence-electron chi connectivity index (χ4n) is 1.40. The molecule has 0 radical (unpaired) electrons. The van der Waals surface area contributed by atoms with Gasteiger partial charge in [-0.3, -0.25) is 4.21 Å². The monoisotopic (exact) mass is 242 g/mol. The number of rotatable bonds is 6. The number of aromatic nitrogens is 1. The van der Waals surface area contributed by atoms with E-state index in [9.17, 15) is 4.21 Å². The average Bonchev–Trinajstić information content (AvgIpc) is 2.20. The standard InChI is InChI=1S/C11H18N2O2S/c1-4-15-10-6-5-7-12-11(10)13-9(2)8-16(3)14/h5-7,9H,4,8H2,1-3H3,(H,12,13). The van der Waals surface area contributed by atoms with Gasteiger partial charge in [0.2, 0.25) is 0 Å². The van der Waals surface area contributed by atoms with Gasteiger partial charge in [-0.2, -0.15) is 0 Å². The van der Waals surface area contributed by atoms with Crippen LogP contribution in [0.2, 0.25) is 0 Å². The Bertz CT molecular complexity index is 358. The molecule has 0 aromatic carbocycles. The molecule has 0 aliphatic heterocycles. The number of nitrogens with zero attached hydrogens (tertiary/aromatic N) is 1. The van der Waals surface area contributed by atoms with Crippen molar-refractivity contribution in [1.29, 1.82) is 0 Å². The lowest BCUT2D eigenvalue weighted by molar-refractivity contribution is 0.340. The lowest BCUT2D eigenvalue weighted by Crippen LogP contribution is -2.23. The third-order valence-electron chi connectivity index (χ3n) is 1.94. The number of ether oxygens (including phenoxy) is 1. The topological polar surface area (TPSA) is 51.2 Å². The molecule has 2 unspecified atom stereocenters. The Kier molecular flexibility index (Phi) is 5.25. The molecule has 0 spiro atoms. The summed E-state index contributed by atoms with van der Waals surface area (Å²) >= 11 is 0. The Labute approximate surface area is 98.9 Å². The van der Waals surface area contributed by atoms with Gasteiger partial charge >= 0.3 is 0 Å². The van der Waals surface area contributed by atoms with Gasteiger partial charge in [-0.25, -0.2) is 4.98 Å². The molecule has 2 atom stereocenters. The van der Waals surface area contributed by atoms with Crippen LogP contribution in [0.25, 0.3) is 0 Å². The molecule has 0 saturated carbocycles. The van der Waals surface area contributed by atoms with Gasteiger partial charge in [-0.05, 0) is 26.0 Å². The smallest absolute Gasteiger partial charge is 0.168 e. The van der Waals surface area contributed by atoms with Gasteiger partial charge in [0.1, 0.15) is 0 Å². The molecule has 5 heteroatoms. The molecular formula is C11H18N2O2S. The second-order valence-corrected chi connectivity index (χ2v) is 5.05. The van der Waals surface area contributed by atoms with E-state index in [-0.39, 0.29) is 6.04 Å². The maximum absolute atomic E-state index is 11.1. The van der Waals surface area contributed by atoms with Gasteiger partial charge in [0, 0.05) is 35.0 Å². The van der Waals surface area contributed by atoms with Crippen molar-refractivity contribution in [3.8, 4) is 5.75 Å². The highest BCUT2D eigenvalue weighted by Gasteiger charge is 2.09. The summed E-state index contributed by atoms with van der Waals surface area (Å²) in [6, 6.07) is 3.81. The quantitative estimate of drug-likeness (QED) is 0.824. The summed E-state index contributed by atoms with van der Waals surface area (Å²) in [5.41, 5.74) is 0. The molecule has 1 heterocycles. The fourth-order valence-corrected chi connectivity index (χ4v) is 2.19. The van der Waals surface area contributed by atoms with Crippen LogP contribution >= 0.6 is 0 Å². The Morgan fingerprint density at radius 1 is 1.62 bits per heavy atom. The highest BCUT2D eigenvalue weighted by Crippen LogP contribution is 2.21. The molecule has 0 aliphatic carbocycles. The van der Waals surface area contributed by atoms with E-state index in [4.69, 9.17) is 4.74 Å². The summed E-state index contributed by atoms with van der Waals surface area (Å²) in [6.07, 6.45) is 3.40. The van der Waals surface area contributed by atoms with Crippen LogP contribution in [0.5, 0.6) is 5.75 Å². The minimum absolute atomic E-state index is 0.111. The van der Waals surface area contributed by atoms with E-state index in [0.717, 1.165) is 5.75 Å². The first-order valence-corrected chi connectivity index (χ1v) is 7.00. The first-order chi connectivity index (χ1) is 7.63. The van der Waals surface area contributed by atoms with Gasteiger partial charge in [0.15, 0.2) is 11.6 Å². The molecule has 1 rings (SSSR count). The molecule has 1 N–H and O–H groups in total. The van der Waals surface area contributed by atoms with E-state index in [0.29, 0.717) is 18.2 Å². The second kappa shape index (κ2) is 6.48. The van der Waals surface area contributed by atoms with Crippen molar-refractivity contribution in [2.24, 2.45) is 0 Å². The fraction of sp³-hybridized carbons (Fsp3) is 0.545. The number of hydrogen-bond acceptors (Lipinski definition) is 4. The van der Waals surface area contributed by atoms with Crippen LogP contribution in [0.3, 0.4) is 0 Å². The van der Waals surface area contributed by atoms with Crippen molar-refractivity contribution in [1.82, 2.24) is 4.98 Å². The average molecular weight is 242 g/mol. The van der Waals surface area contributed by atoms with E-state index in [2.05, 4.69) is 10.3 Å². The van der Waals surface area contributed by atoms with Crippen LogP contribution in [0.1, 0.15) is 13.8 Å². The normalized spacial score (nSPS) is 14.2. The van der Waals surface area contributed by atoms with E-state index in [1.54, 1.807) is 12.5 Å². The van der Waals surface area contributed by atoms with Crippen LogP contribution in [0, 0.1) is 0 Å². The maximum atomic E-state index is 11.1. The molecule has 0 amide bonds. The summed E-state index contributed by atoms with van der Waals surface area (Å²) in [6.45, 7) is 4.52. The van der Waals surface area contributed by atoms with Crippen molar-refractivity contribution in [2.45, 2.75) is 19.9 Å². The van der Waals surface area contributed by atoms with E-state index < -0.39 is 10.8 Å². The first kappa shape index (κ1) is 13.0. The zero-order chi connectivity index (χ0) is 12.0. The van der Waals surface area contributed by atoms with E-state index >= 15 is 0 Å². The highest BCUT2D eigenvalue weighted by atomic mass is 32.2. The van der Waals surface area contributed by atoms with Crippen LogP contribution in [-0.2, 0) is 10.8 Å². The van der Waals surface area contributed by atoms with Crippen molar-refractivity contribution < 1.29 is 8.95 Å². The highest BCUT2D eigenvalue weighted by molar-refractivity contribution is 7.84. The van der Waals surface area contributed by atoms with Crippen LogP contribution in [-0.4, -0.2) is 33.9 Å². The summed E-state index contributed by atoms with van der Waals surface area (Å²) in [5, 5.41) is 3.20. The maximum Gasteiger partial charge on any atom is 0.168 e. The van der Waals surface area contributed by atoms with E-state index in [1.165, 1.54) is 0 Å². The first-order valence-electron chi connectivity index (χ1n) is 5.27. The lowest BCUT2D eigenvalue weighted by atomic mass is 10.3. The summed E-state index contributed by atoms with van der Waals surface area (Å²) < 4.78 is 16.5. The van der Waals surface area contributed by atoms with Gasteiger partial charge in [0.25, 0.3) is 0 Å². The van der Waals surface area contributed by atoms with Crippen LogP contribution < -0.4 is 10.1 Å². The third-order valence-corrected chi connectivity index (χ3v) is 2.91. The molecule has 90 valence electrons. The number of anilines is 1. The lowest BCUT2D eigenvalue weighted by Gasteiger charge is -2.15. The second-order valence-electron chi connectivity index (χ2n) is 3.57. The molecule has 0 saturated heterocycles. The predicted octanol–water partition coefficient (Wildman–Crippen LogP) is 1.66. The van der Waals surface area contributed by atoms with Crippen LogP contribution in [0.15, 0.2) is 18.3 Å². The summed E-state index contributed by atoms with van der Waals surface area (Å²) in [4.78, 5) is 4.21. The molecule has 0 bridgehead atoms. The SMILES string of the molecule is CCOc1cccnc1NC(C)CS(C)=O. The molecule has 1 aromatic rings. The minimum atomic E-state index is -0.811. The Hall–Kier alpha value is -1.10. The van der Waals surface area contributed by atoms with Crippen LogP contribution in [0.4, 0.5) is 5.82 Å². The zero-order valence-electron chi connectivity index (χ0n) is 9.90. The van der Waals surface area contributed by atoms with Gasteiger partial charge in [0.05, 0.1) is 6.61 Å². The Morgan fingerprint density at radius 2 is 2.38 bits per heavy atom. The zero-order valence-corrected chi connectivity index (χ0v) is 10.7. The largest absolute Gasteiger partial charge is 0.490 e. The number of pyridine rings is 1. The molecule has 0 fully saturated rings. The molecular weight excluding hydrogens is 224 g/mol. The third kappa shape index (κ3) is 4.18. The Balaban J connectivity index is 2.68. The number of hydrogen-bond donors (Lipinski definition) is 1. The van der Waals surface area contributed by atoms with Crippen molar-refractivity contribution >= 4 is 16.6 Å². The number of nitrogens with one attached hydrogen (secondary N) is 1. The minimum Gasteiger partial charge on any atom is -0.490 e. The predicted molar refractivity (Wildman–Crippen MR) is 67.4 cm³/mol.